The Morgan fingerprint density at radius 2 is 1.79 bits per heavy atom. The number of rotatable bonds is 7. The maximum atomic E-state index is 12.6. The number of hydrogen-bond acceptors (Lipinski definition) is 6. The molecule has 3 rings (SSSR count). The zero-order valence-electron chi connectivity index (χ0n) is 15.4. The predicted octanol–water partition coefficient (Wildman–Crippen LogP) is 3.98. The fourth-order valence-electron chi connectivity index (χ4n) is 2.49. The number of esters is 1. The quantitative estimate of drug-likeness (QED) is 0.552. The molecule has 3 aromatic rings. The van der Waals surface area contributed by atoms with Gasteiger partial charge < -0.3 is 10.1 Å². The molecule has 9 heteroatoms. The van der Waals surface area contributed by atoms with Crippen molar-refractivity contribution in [3.8, 4) is 0 Å². The van der Waals surface area contributed by atoms with E-state index in [1.165, 1.54) is 29.5 Å². The smallest absolute Gasteiger partial charge is 0.341 e. The van der Waals surface area contributed by atoms with Crippen LogP contribution in [0.2, 0.25) is 0 Å². The van der Waals surface area contributed by atoms with Crippen LogP contribution in [-0.2, 0) is 14.8 Å². The summed E-state index contributed by atoms with van der Waals surface area (Å²) in [6.45, 7) is 1.93. The van der Waals surface area contributed by atoms with Crippen molar-refractivity contribution in [2.75, 3.05) is 16.6 Å². The molecule has 0 spiro atoms. The molecular formula is C20H18N2O5S2. The fraction of sp³-hybridized carbons (Fsp3) is 0.100. The first kappa shape index (κ1) is 20.6. The van der Waals surface area contributed by atoms with E-state index in [4.69, 9.17) is 4.74 Å². The summed E-state index contributed by atoms with van der Waals surface area (Å²) >= 11 is 1.19. The Balaban J connectivity index is 1.77. The van der Waals surface area contributed by atoms with Crippen LogP contribution in [0.5, 0.6) is 0 Å². The van der Waals surface area contributed by atoms with Crippen LogP contribution in [-0.4, -0.2) is 26.9 Å². The molecule has 7 nitrogen and oxygen atoms in total. The van der Waals surface area contributed by atoms with Gasteiger partial charge in [-0.25, -0.2) is 13.2 Å². The number of hydrogen-bond donors (Lipinski definition) is 2. The summed E-state index contributed by atoms with van der Waals surface area (Å²) in [5.41, 5.74) is 0.755. The third kappa shape index (κ3) is 5.01. The average Bonchev–Trinajstić information content (AvgIpc) is 3.17. The van der Waals surface area contributed by atoms with Gasteiger partial charge in [-0.05, 0) is 48.7 Å². The first-order chi connectivity index (χ1) is 13.9. The molecule has 0 atom stereocenters. The van der Waals surface area contributed by atoms with Crippen molar-refractivity contribution in [2.24, 2.45) is 0 Å². The number of anilines is 2. The molecule has 0 aliphatic carbocycles. The number of ether oxygens (including phenoxy) is 1. The highest BCUT2D eigenvalue weighted by Crippen LogP contribution is 2.25. The van der Waals surface area contributed by atoms with E-state index in [0.717, 1.165) is 0 Å². The normalized spacial score (nSPS) is 10.9. The number of amides is 1. The Kier molecular flexibility index (Phi) is 6.30. The SMILES string of the molecule is CCOC(=O)c1ccsc1NC(=O)c1cccc(NS(=O)(=O)c2ccccc2)c1. The van der Waals surface area contributed by atoms with Gasteiger partial charge in [-0.3, -0.25) is 9.52 Å². The standard InChI is InChI=1S/C20H18N2O5S2/c1-2-27-20(24)17-11-12-28-19(17)21-18(23)14-7-6-8-15(13-14)22-29(25,26)16-9-4-3-5-10-16/h3-13,22H,2H2,1H3,(H,21,23). The Hall–Kier alpha value is -3.17. The molecule has 150 valence electrons. The maximum Gasteiger partial charge on any atom is 0.341 e. The van der Waals surface area contributed by atoms with Crippen LogP contribution in [0.15, 0.2) is 70.9 Å². The van der Waals surface area contributed by atoms with E-state index in [9.17, 15) is 18.0 Å². The second-order valence-electron chi connectivity index (χ2n) is 5.84. The molecule has 0 aliphatic heterocycles. The van der Waals surface area contributed by atoms with E-state index in [1.54, 1.807) is 54.8 Å². The summed E-state index contributed by atoms with van der Waals surface area (Å²) in [4.78, 5) is 24.7. The first-order valence-electron chi connectivity index (χ1n) is 8.64. The minimum atomic E-state index is -3.77. The van der Waals surface area contributed by atoms with Crippen LogP contribution in [0.4, 0.5) is 10.7 Å². The Morgan fingerprint density at radius 3 is 2.52 bits per heavy atom. The molecule has 1 aromatic heterocycles. The lowest BCUT2D eigenvalue weighted by molar-refractivity contribution is 0.0528. The fourth-order valence-corrected chi connectivity index (χ4v) is 4.33. The monoisotopic (exact) mass is 430 g/mol. The highest BCUT2D eigenvalue weighted by atomic mass is 32.2. The van der Waals surface area contributed by atoms with Gasteiger partial charge in [0.25, 0.3) is 15.9 Å². The second kappa shape index (κ2) is 8.89. The molecule has 0 saturated heterocycles. The second-order valence-corrected chi connectivity index (χ2v) is 8.44. The van der Waals surface area contributed by atoms with E-state index in [-0.39, 0.29) is 28.3 Å². The summed E-state index contributed by atoms with van der Waals surface area (Å²) in [5.74, 6) is -0.993. The molecule has 1 amide bonds. The molecule has 0 fully saturated rings. The van der Waals surface area contributed by atoms with Gasteiger partial charge >= 0.3 is 5.97 Å². The number of carbonyl (C=O) groups excluding carboxylic acids is 2. The molecule has 0 bridgehead atoms. The molecule has 29 heavy (non-hydrogen) atoms. The number of thiophene rings is 1. The highest BCUT2D eigenvalue weighted by molar-refractivity contribution is 7.92. The Bertz CT molecular complexity index is 1120. The van der Waals surface area contributed by atoms with Crippen LogP contribution in [0, 0.1) is 0 Å². The summed E-state index contributed by atoms with van der Waals surface area (Å²) in [5, 5.41) is 4.71. The number of nitrogens with one attached hydrogen (secondary N) is 2. The largest absolute Gasteiger partial charge is 0.462 e. The van der Waals surface area contributed by atoms with Gasteiger partial charge in [-0.1, -0.05) is 24.3 Å². The Labute approximate surface area is 172 Å². The van der Waals surface area contributed by atoms with Crippen LogP contribution < -0.4 is 10.0 Å². The van der Waals surface area contributed by atoms with Crippen LogP contribution in [0.25, 0.3) is 0 Å². The molecule has 1 heterocycles. The minimum Gasteiger partial charge on any atom is -0.462 e. The lowest BCUT2D eigenvalue weighted by atomic mass is 10.2. The van der Waals surface area contributed by atoms with Gasteiger partial charge in [-0.2, -0.15) is 0 Å². The van der Waals surface area contributed by atoms with E-state index < -0.39 is 21.9 Å². The molecule has 2 N–H and O–H groups in total. The summed E-state index contributed by atoms with van der Waals surface area (Å²) in [6.07, 6.45) is 0. The molecular weight excluding hydrogens is 412 g/mol. The predicted molar refractivity (Wildman–Crippen MR) is 112 cm³/mol. The summed E-state index contributed by atoms with van der Waals surface area (Å²) < 4.78 is 32.3. The van der Waals surface area contributed by atoms with Gasteiger partial charge in [0.2, 0.25) is 0 Å². The van der Waals surface area contributed by atoms with E-state index in [2.05, 4.69) is 10.0 Å². The van der Waals surface area contributed by atoms with Gasteiger partial charge in [0.1, 0.15) is 5.00 Å². The molecule has 0 radical (unpaired) electrons. The molecule has 0 aliphatic rings. The number of benzene rings is 2. The Morgan fingerprint density at radius 1 is 1.03 bits per heavy atom. The maximum absolute atomic E-state index is 12.6. The van der Waals surface area contributed by atoms with Crippen LogP contribution >= 0.6 is 11.3 Å². The van der Waals surface area contributed by atoms with E-state index in [1.807, 2.05) is 0 Å². The number of carbonyl (C=O) groups is 2. The molecule has 2 aromatic carbocycles. The third-order valence-corrected chi connectivity index (χ3v) is 6.05. The lowest BCUT2D eigenvalue weighted by Crippen LogP contribution is -2.16. The van der Waals surface area contributed by atoms with Crippen molar-refractivity contribution in [1.29, 1.82) is 0 Å². The summed E-state index contributed by atoms with van der Waals surface area (Å²) in [7, 11) is -3.77. The van der Waals surface area contributed by atoms with Gasteiger partial charge in [0.05, 0.1) is 17.1 Å². The number of sulfonamides is 1. The lowest BCUT2D eigenvalue weighted by Gasteiger charge is -2.10. The van der Waals surface area contributed by atoms with Crippen molar-refractivity contribution in [2.45, 2.75) is 11.8 Å². The minimum absolute atomic E-state index is 0.118. The summed E-state index contributed by atoms with van der Waals surface area (Å²) in [6, 6.07) is 15.6. The van der Waals surface area contributed by atoms with Crippen molar-refractivity contribution in [1.82, 2.24) is 0 Å². The average molecular weight is 431 g/mol. The zero-order chi connectivity index (χ0) is 20.9. The van der Waals surface area contributed by atoms with E-state index >= 15 is 0 Å². The molecule has 0 saturated carbocycles. The van der Waals surface area contributed by atoms with Crippen molar-refractivity contribution < 1.29 is 22.7 Å². The highest BCUT2D eigenvalue weighted by Gasteiger charge is 2.18. The van der Waals surface area contributed by atoms with Gasteiger partial charge in [0, 0.05) is 11.3 Å². The van der Waals surface area contributed by atoms with Gasteiger partial charge in [0.15, 0.2) is 0 Å². The van der Waals surface area contributed by atoms with E-state index in [0.29, 0.717) is 5.00 Å². The zero-order valence-corrected chi connectivity index (χ0v) is 17.0. The van der Waals surface area contributed by atoms with Crippen molar-refractivity contribution in [3.63, 3.8) is 0 Å². The van der Waals surface area contributed by atoms with Crippen LogP contribution in [0.3, 0.4) is 0 Å². The third-order valence-electron chi connectivity index (χ3n) is 3.82. The first-order valence-corrected chi connectivity index (χ1v) is 11.0. The van der Waals surface area contributed by atoms with Crippen molar-refractivity contribution in [3.05, 3.63) is 77.2 Å². The topological polar surface area (TPSA) is 102 Å². The molecule has 0 unspecified atom stereocenters. The van der Waals surface area contributed by atoms with Crippen molar-refractivity contribution >= 4 is 43.9 Å². The van der Waals surface area contributed by atoms with Gasteiger partial charge in [-0.15, -0.1) is 11.3 Å². The van der Waals surface area contributed by atoms with Crippen LogP contribution in [0.1, 0.15) is 27.6 Å².